The van der Waals surface area contributed by atoms with E-state index in [2.05, 4.69) is 12.2 Å². The van der Waals surface area contributed by atoms with Gasteiger partial charge in [-0.05, 0) is 43.5 Å². The van der Waals surface area contributed by atoms with Crippen LogP contribution in [0.2, 0.25) is 0 Å². The number of likely N-dealkylation sites (N-methyl/N-ethyl adjacent to an activating group) is 1. The smallest absolute Gasteiger partial charge is 0.253 e. The predicted octanol–water partition coefficient (Wildman–Crippen LogP) is 2.49. The maximum absolute atomic E-state index is 12.3. The molecule has 0 spiro atoms. The highest BCUT2D eigenvalue weighted by molar-refractivity contribution is 5.94. The van der Waals surface area contributed by atoms with Gasteiger partial charge in [0.1, 0.15) is 0 Å². The Kier molecular flexibility index (Phi) is 6.32. The van der Waals surface area contributed by atoms with Gasteiger partial charge in [-0.2, -0.15) is 0 Å². The summed E-state index contributed by atoms with van der Waals surface area (Å²) < 4.78 is 0. The minimum atomic E-state index is 0. The van der Waals surface area contributed by atoms with E-state index >= 15 is 0 Å². The van der Waals surface area contributed by atoms with Crippen LogP contribution in [0.15, 0.2) is 24.3 Å². The maximum Gasteiger partial charge on any atom is 0.253 e. The fourth-order valence-electron chi connectivity index (χ4n) is 2.42. The number of halogens is 1. The molecule has 1 aliphatic heterocycles. The lowest BCUT2D eigenvalue weighted by Gasteiger charge is -2.31. The number of hydrogen-bond acceptors (Lipinski definition) is 2. The van der Waals surface area contributed by atoms with E-state index in [0.29, 0.717) is 6.04 Å². The van der Waals surface area contributed by atoms with E-state index in [1.54, 1.807) is 0 Å². The van der Waals surface area contributed by atoms with Crippen LogP contribution in [0.4, 0.5) is 0 Å². The predicted molar refractivity (Wildman–Crippen MR) is 81.1 cm³/mol. The van der Waals surface area contributed by atoms with Gasteiger partial charge in [0.25, 0.3) is 5.91 Å². The van der Waals surface area contributed by atoms with Crippen molar-refractivity contribution in [3.05, 3.63) is 35.4 Å². The molecule has 1 fully saturated rings. The molecule has 1 atom stereocenters. The van der Waals surface area contributed by atoms with E-state index in [1.165, 1.54) is 5.56 Å². The van der Waals surface area contributed by atoms with Crippen LogP contribution in [0.25, 0.3) is 0 Å². The van der Waals surface area contributed by atoms with Crippen LogP contribution in [0.3, 0.4) is 0 Å². The third-order valence-electron chi connectivity index (χ3n) is 3.75. The monoisotopic (exact) mass is 282 g/mol. The number of nitrogens with zero attached hydrogens (tertiary/aromatic N) is 1. The van der Waals surface area contributed by atoms with Gasteiger partial charge < -0.3 is 10.2 Å². The standard InChI is InChI=1S/C15H22N2O.ClH/c1-3-12-6-8-13(9-7-12)15(18)17(2)14-5-4-10-16-11-14;/h6-9,14,16H,3-5,10-11H2,1-2H3;1H. The molecule has 106 valence electrons. The van der Waals surface area contributed by atoms with Crippen LogP contribution in [-0.2, 0) is 6.42 Å². The average molecular weight is 283 g/mol. The number of aryl methyl sites for hydroxylation is 1. The second kappa shape index (κ2) is 7.51. The number of carbonyl (C=O) groups excluding carboxylic acids is 1. The van der Waals surface area contributed by atoms with E-state index in [-0.39, 0.29) is 18.3 Å². The van der Waals surface area contributed by atoms with Crippen LogP contribution in [0.1, 0.15) is 35.7 Å². The zero-order chi connectivity index (χ0) is 13.0. The first kappa shape index (κ1) is 16.0. The molecule has 1 aromatic rings. The molecule has 0 saturated carbocycles. The number of carbonyl (C=O) groups is 1. The second-order valence-corrected chi connectivity index (χ2v) is 4.97. The Morgan fingerprint density at radius 1 is 1.37 bits per heavy atom. The van der Waals surface area contributed by atoms with Gasteiger partial charge in [0, 0.05) is 25.2 Å². The zero-order valence-corrected chi connectivity index (χ0v) is 12.5. The highest BCUT2D eigenvalue weighted by Crippen LogP contribution is 2.13. The van der Waals surface area contributed by atoms with Crippen molar-refractivity contribution < 1.29 is 4.79 Å². The first-order chi connectivity index (χ1) is 8.72. The molecule has 1 amide bonds. The summed E-state index contributed by atoms with van der Waals surface area (Å²) in [4.78, 5) is 14.2. The van der Waals surface area contributed by atoms with Crippen molar-refractivity contribution in [1.82, 2.24) is 10.2 Å². The quantitative estimate of drug-likeness (QED) is 0.924. The first-order valence-electron chi connectivity index (χ1n) is 6.79. The lowest BCUT2D eigenvalue weighted by Crippen LogP contribution is -2.46. The summed E-state index contributed by atoms with van der Waals surface area (Å²) in [5.41, 5.74) is 2.06. The van der Waals surface area contributed by atoms with Crippen molar-refractivity contribution in [3.8, 4) is 0 Å². The third kappa shape index (κ3) is 3.95. The second-order valence-electron chi connectivity index (χ2n) is 4.97. The lowest BCUT2D eigenvalue weighted by molar-refractivity contribution is 0.0708. The van der Waals surface area contributed by atoms with Gasteiger partial charge >= 0.3 is 0 Å². The minimum absolute atomic E-state index is 0. The molecule has 0 bridgehead atoms. The number of hydrogen-bond donors (Lipinski definition) is 1. The molecule has 3 nitrogen and oxygen atoms in total. The van der Waals surface area contributed by atoms with E-state index in [0.717, 1.165) is 37.9 Å². The summed E-state index contributed by atoms with van der Waals surface area (Å²) in [5, 5.41) is 3.35. The normalized spacial score (nSPS) is 18.5. The molecule has 2 rings (SSSR count). The summed E-state index contributed by atoms with van der Waals surface area (Å²) in [7, 11) is 1.91. The summed E-state index contributed by atoms with van der Waals surface area (Å²) in [6, 6.07) is 8.29. The van der Waals surface area contributed by atoms with Crippen LogP contribution >= 0.6 is 12.4 Å². The first-order valence-corrected chi connectivity index (χ1v) is 6.79. The Balaban J connectivity index is 0.00000180. The Bertz CT molecular complexity index is 399. The summed E-state index contributed by atoms with van der Waals surface area (Å²) in [5.74, 6) is 0.131. The molecule has 1 unspecified atom stereocenters. The number of piperidine rings is 1. The fourth-order valence-corrected chi connectivity index (χ4v) is 2.42. The zero-order valence-electron chi connectivity index (χ0n) is 11.7. The van der Waals surface area contributed by atoms with Gasteiger partial charge in [-0.3, -0.25) is 4.79 Å². The molecule has 1 aromatic carbocycles. The summed E-state index contributed by atoms with van der Waals surface area (Å²) in [6.07, 6.45) is 3.26. The number of benzene rings is 1. The highest BCUT2D eigenvalue weighted by atomic mass is 35.5. The van der Waals surface area contributed by atoms with E-state index in [1.807, 2.05) is 36.2 Å². The van der Waals surface area contributed by atoms with Gasteiger partial charge in [0.15, 0.2) is 0 Å². The Morgan fingerprint density at radius 3 is 2.58 bits per heavy atom. The molecule has 1 aliphatic rings. The Morgan fingerprint density at radius 2 is 2.05 bits per heavy atom. The van der Waals surface area contributed by atoms with Crippen molar-refractivity contribution in [2.45, 2.75) is 32.2 Å². The lowest BCUT2D eigenvalue weighted by atomic mass is 10.0. The number of rotatable bonds is 3. The van der Waals surface area contributed by atoms with Crippen LogP contribution in [0.5, 0.6) is 0 Å². The molecule has 4 heteroatoms. The van der Waals surface area contributed by atoms with Gasteiger partial charge in [-0.25, -0.2) is 0 Å². The van der Waals surface area contributed by atoms with Crippen molar-refractivity contribution in [3.63, 3.8) is 0 Å². The number of nitrogens with one attached hydrogen (secondary N) is 1. The van der Waals surface area contributed by atoms with Crippen molar-refractivity contribution in [2.24, 2.45) is 0 Å². The van der Waals surface area contributed by atoms with Crippen molar-refractivity contribution >= 4 is 18.3 Å². The number of amides is 1. The van der Waals surface area contributed by atoms with Gasteiger partial charge in [-0.1, -0.05) is 19.1 Å². The van der Waals surface area contributed by atoms with Crippen molar-refractivity contribution in [2.75, 3.05) is 20.1 Å². The van der Waals surface area contributed by atoms with Gasteiger partial charge in [0.2, 0.25) is 0 Å². The third-order valence-corrected chi connectivity index (χ3v) is 3.75. The molecule has 0 aromatic heterocycles. The fraction of sp³-hybridized carbons (Fsp3) is 0.533. The van der Waals surface area contributed by atoms with Gasteiger partial charge in [0.05, 0.1) is 0 Å². The average Bonchev–Trinajstić information content (AvgIpc) is 2.47. The largest absolute Gasteiger partial charge is 0.337 e. The molecule has 0 radical (unpaired) electrons. The SMILES string of the molecule is CCc1ccc(C(=O)N(C)C2CCCNC2)cc1.Cl. The van der Waals surface area contributed by atoms with Crippen LogP contribution < -0.4 is 5.32 Å². The topological polar surface area (TPSA) is 32.3 Å². The molecule has 1 saturated heterocycles. The molecule has 19 heavy (non-hydrogen) atoms. The molecular formula is C15H23ClN2O. The van der Waals surface area contributed by atoms with Crippen molar-refractivity contribution in [1.29, 1.82) is 0 Å². The minimum Gasteiger partial charge on any atom is -0.337 e. The summed E-state index contributed by atoms with van der Waals surface area (Å²) >= 11 is 0. The Labute approximate surface area is 121 Å². The van der Waals surface area contributed by atoms with Gasteiger partial charge in [-0.15, -0.1) is 12.4 Å². The Hall–Kier alpha value is -1.06. The van der Waals surface area contributed by atoms with Crippen LogP contribution in [0, 0.1) is 0 Å². The van der Waals surface area contributed by atoms with Crippen LogP contribution in [-0.4, -0.2) is 37.0 Å². The van der Waals surface area contributed by atoms with E-state index in [4.69, 9.17) is 0 Å². The summed E-state index contributed by atoms with van der Waals surface area (Å²) in [6.45, 7) is 4.11. The maximum atomic E-state index is 12.3. The molecule has 0 aliphatic carbocycles. The molecule has 1 N–H and O–H groups in total. The highest BCUT2D eigenvalue weighted by Gasteiger charge is 2.22. The van der Waals surface area contributed by atoms with E-state index < -0.39 is 0 Å². The molecular weight excluding hydrogens is 260 g/mol. The van der Waals surface area contributed by atoms with E-state index in [9.17, 15) is 4.79 Å². The molecule has 1 heterocycles.